The summed E-state index contributed by atoms with van der Waals surface area (Å²) in [4.78, 5) is 25.0. The van der Waals surface area contributed by atoms with E-state index in [-0.39, 0.29) is 11.9 Å². The summed E-state index contributed by atoms with van der Waals surface area (Å²) in [7, 11) is 7.21. The van der Waals surface area contributed by atoms with Crippen molar-refractivity contribution in [3.63, 3.8) is 0 Å². The lowest BCUT2D eigenvalue weighted by atomic mass is 9.89. The largest absolute Gasteiger partial charge is 0.324 e. The molecule has 0 aromatic heterocycles. The Morgan fingerprint density at radius 3 is 2.58 bits per heavy atom. The molecule has 1 N–H and O–H groups in total. The minimum absolute atomic E-state index is 0.101. The van der Waals surface area contributed by atoms with E-state index >= 15 is 0 Å². The van der Waals surface area contributed by atoms with Gasteiger partial charge in [0.05, 0.1) is 0 Å². The van der Waals surface area contributed by atoms with Crippen molar-refractivity contribution in [2.45, 2.75) is 30.7 Å². The van der Waals surface area contributed by atoms with Crippen LogP contribution in [-0.2, 0) is 4.79 Å². The molecule has 2 radical (unpaired) electrons. The molecular formula is C14H15BN2O2. The average molecular weight is 254 g/mol. The van der Waals surface area contributed by atoms with Crippen LogP contribution in [0, 0.1) is 0 Å². The summed E-state index contributed by atoms with van der Waals surface area (Å²) in [6, 6.07) is 7.47. The number of carbonyl (C=O) groups is 2. The second-order valence-electron chi connectivity index (χ2n) is 5.48. The van der Waals surface area contributed by atoms with Crippen LogP contribution in [0.1, 0.15) is 30.7 Å². The van der Waals surface area contributed by atoms with Gasteiger partial charge in [0, 0.05) is 7.05 Å². The standard InChI is InChI=1S/C14H15BN2O2/c1-17-12(18)14(16-13(17)19)7-6-10(8-14)9-2-4-11(15)5-3-9/h2-5,10H,6-8H2,1H3,(H,16,19)/t10-,14+/m0/s1. The zero-order chi connectivity index (χ0) is 13.6. The fraction of sp³-hybridized carbons (Fsp3) is 0.429. The second kappa shape index (κ2) is 4.12. The van der Waals surface area contributed by atoms with Gasteiger partial charge in [0.15, 0.2) is 0 Å². The third-order valence-corrected chi connectivity index (χ3v) is 4.29. The Labute approximate surface area is 113 Å². The fourth-order valence-corrected chi connectivity index (χ4v) is 3.16. The van der Waals surface area contributed by atoms with Gasteiger partial charge in [-0.3, -0.25) is 9.69 Å². The lowest BCUT2D eigenvalue weighted by Crippen LogP contribution is -2.44. The van der Waals surface area contributed by atoms with Crippen molar-refractivity contribution >= 4 is 25.2 Å². The third-order valence-electron chi connectivity index (χ3n) is 4.29. The van der Waals surface area contributed by atoms with E-state index in [0.29, 0.717) is 18.8 Å². The summed E-state index contributed by atoms with van der Waals surface area (Å²) in [6.45, 7) is 0. The Bertz CT molecular complexity index is 543. The molecule has 5 heteroatoms. The van der Waals surface area contributed by atoms with E-state index in [4.69, 9.17) is 7.85 Å². The number of likely N-dealkylation sites (N-methyl/N-ethyl adjacent to an activating group) is 1. The molecule has 19 heavy (non-hydrogen) atoms. The first-order valence-electron chi connectivity index (χ1n) is 6.47. The summed E-state index contributed by atoms with van der Waals surface area (Å²) in [5, 5.41) is 2.85. The van der Waals surface area contributed by atoms with Gasteiger partial charge >= 0.3 is 6.03 Å². The molecule has 0 unspecified atom stereocenters. The summed E-state index contributed by atoms with van der Waals surface area (Å²) >= 11 is 0. The van der Waals surface area contributed by atoms with Crippen LogP contribution in [0.3, 0.4) is 0 Å². The van der Waals surface area contributed by atoms with Gasteiger partial charge in [-0.2, -0.15) is 0 Å². The van der Waals surface area contributed by atoms with Gasteiger partial charge in [0.2, 0.25) is 0 Å². The smallest absolute Gasteiger partial charge is 0.323 e. The predicted octanol–water partition coefficient (Wildman–Crippen LogP) is 0.668. The minimum Gasteiger partial charge on any atom is -0.323 e. The number of rotatable bonds is 1. The van der Waals surface area contributed by atoms with Crippen molar-refractivity contribution in [2.75, 3.05) is 7.05 Å². The Hall–Kier alpha value is -1.78. The van der Waals surface area contributed by atoms with Crippen molar-refractivity contribution < 1.29 is 9.59 Å². The Morgan fingerprint density at radius 1 is 1.32 bits per heavy atom. The van der Waals surface area contributed by atoms with Gasteiger partial charge in [0.1, 0.15) is 13.4 Å². The maximum absolute atomic E-state index is 12.2. The molecule has 1 saturated carbocycles. The molecule has 1 aliphatic carbocycles. The summed E-state index contributed by atoms with van der Waals surface area (Å²) in [6.07, 6.45) is 2.28. The molecular weight excluding hydrogens is 239 g/mol. The summed E-state index contributed by atoms with van der Waals surface area (Å²) in [5.41, 5.74) is 1.24. The lowest BCUT2D eigenvalue weighted by Gasteiger charge is -2.20. The summed E-state index contributed by atoms with van der Waals surface area (Å²) < 4.78 is 0. The maximum atomic E-state index is 12.2. The number of nitrogens with one attached hydrogen (secondary N) is 1. The molecule has 4 nitrogen and oxygen atoms in total. The zero-order valence-corrected chi connectivity index (χ0v) is 10.8. The molecule has 1 aliphatic heterocycles. The van der Waals surface area contributed by atoms with Crippen molar-refractivity contribution in [3.05, 3.63) is 29.8 Å². The lowest BCUT2D eigenvalue weighted by molar-refractivity contribution is -0.130. The molecule has 96 valence electrons. The first kappa shape index (κ1) is 12.3. The normalized spacial score (nSPS) is 30.2. The third kappa shape index (κ3) is 1.84. The van der Waals surface area contributed by atoms with Gasteiger partial charge in [0.25, 0.3) is 5.91 Å². The Morgan fingerprint density at radius 2 is 2.00 bits per heavy atom. The topological polar surface area (TPSA) is 49.4 Å². The molecule has 1 aromatic rings. The molecule has 0 bridgehead atoms. The molecule has 2 fully saturated rings. The van der Waals surface area contributed by atoms with Crippen LogP contribution in [0.5, 0.6) is 0 Å². The molecule has 1 spiro atoms. The SMILES string of the molecule is [B]c1ccc([C@H]2CC[C@]3(C2)NC(=O)N(C)C3=O)cc1. The molecule has 2 aliphatic rings. The highest BCUT2D eigenvalue weighted by Crippen LogP contribution is 2.43. The van der Waals surface area contributed by atoms with Gasteiger partial charge in [-0.15, -0.1) is 0 Å². The van der Waals surface area contributed by atoms with Crippen molar-refractivity contribution in [2.24, 2.45) is 0 Å². The van der Waals surface area contributed by atoms with E-state index in [1.165, 1.54) is 17.5 Å². The molecule has 1 saturated heterocycles. The van der Waals surface area contributed by atoms with Gasteiger partial charge < -0.3 is 5.32 Å². The highest BCUT2D eigenvalue weighted by atomic mass is 16.2. The van der Waals surface area contributed by atoms with Crippen molar-refractivity contribution in [1.82, 2.24) is 10.2 Å². The Kier molecular flexibility index (Phi) is 2.66. The van der Waals surface area contributed by atoms with Crippen LogP contribution in [0.25, 0.3) is 0 Å². The van der Waals surface area contributed by atoms with Crippen LogP contribution in [0.15, 0.2) is 24.3 Å². The number of hydrogen-bond donors (Lipinski definition) is 1. The fourth-order valence-electron chi connectivity index (χ4n) is 3.16. The van der Waals surface area contributed by atoms with Gasteiger partial charge in [-0.1, -0.05) is 29.7 Å². The molecule has 1 heterocycles. The maximum Gasteiger partial charge on any atom is 0.324 e. The van der Waals surface area contributed by atoms with Crippen molar-refractivity contribution in [3.8, 4) is 0 Å². The van der Waals surface area contributed by atoms with E-state index in [0.717, 1.165) is 11.9 Å². The zero-order valence-electron chi connectivity index (χ0n) is 10.8. The monoisotopic (exact) mass is 254 g/mol. The second-order valence-corrected chi connectivity index (χ2v) is 5.48. The Balaban J connectivity index is 1.83. The molecule has 3 rings (SSSR count). The highest BCUT2D eigenvalue weighted by Gasteiger charge is 2.53. The number of carbonyl (C=O) groups excluding carboxylic acids is 2. The van der Waals surface area contributed by atoms with Crippen LogP contribution >= 0.6 is 0 Å². The van der Waals surface area contributed by atoms with E-state index in [1.807, 2.05) is 24.3 Å². The highest BCUT2D eigenvalue weighted by molar-refractivity contribution is 6.32. The van der Waals surface area contributed by atoms with E-state index in [1.54, 1.807) is 0 Å². The number of urea groups is 1. The van der Waals surface area contributed by atoms with Crippen LogP contribution in [0.2, 0.25) is 0 Å². The number of benzene rings is 1. The number of amides is 3. The molecule has 1 aromatic carbocycles. The summed E-state index contributed by atoms with van der Waals surface area (Å²) in [5.74, 6) is 0.201. The number of imide groups is 1. The van der Waals surface area contributed by atoms with Crippen LogP contribution in [-0.4, -0.2) is 37.3 Å². The van der Waals surface area contributed by atoms with E-state index in [9.17, 15) is 9.59 Å². The van der Waals surface area contributed by atoms with Crippen LogP contribution < -0.4 is 10.8 Å². The number of nitrogens with zero attached hydrogens (tertiary/aromatic N) is 1. The predicted molar refractivity (Wildman–Crippen MR) is 72.5 cm³/mol. The van der Waals surface area contributed by atoms with Crippen LogP contribution in [0.4, 0.5) is 4.79 Å². The average Bonchev–Trinajstić information content (AvgIpc) is 2.90. The first-order valence-corrected chi connectivity index (χ1v) is 6.47. The first-order chi connectivity index (χ1) is 9.02. The van der Waals surface area contributed by atoms with E-state index < -0.39 is 5.54 Å². The van der Waals surface area contributed by atoms with Crippen molar-refractivity contribution in [1.29, 1.82) is 0 Å². The van der Waals surface area contributed by atoms with Gasteiger partial charge in [-0.05, 0) is 30.7 Å². The molecule has 3 amide bonds. The molecule has 2 atom stereocenters. The van der Waals surface area contributed by atoms with E-state index in [2.05, 4.69) is 5.32 Å². The minimum atomic E-state index is -0.683. The van der Waals surface area contributed by atoms with Gasteiger partial charge in [-0.25, -0.2) is 4.79 Å². The number of hydrogen-bond acceptors (Lipinski definition) is 2. The quantitative estimate of drug-likeness (QED) is 0.591.